The molecule has 4 aromatic rings. The third-order valence-corrected chi connectivity index (χ3v) is 8.19. The Morgan fingerprint density at radius 2 is 1.96 bits per heavy atom. The standard InChI is InChI=1S/C33H34ClN9O4/c1-33(2,3)47-32(44)41-11-12-46-27(19-41)25-13-21(15-35)14-26(28(25)34)38-31-39-30(29-37-17-23(16-36)43(29)40-31)42(22-7-8-22)18-20-5-9-24(45-4)10-6-20/h5-6,9-10,13-14,17,22,27H,7-8,11-12,18-19H2,1-4H3,(H,38,40). The maximum Gasteiger partial charge on any atom is 0.410 e. The zero-order chi connectivity index (χ0) is 33.3. The number of fused-ring (bicyclic) bond motifs is 1. The number of nitriles is 2. The van der Waals surface area contributed by atoms with Crippen LogP contribution in [-0.4, -0.2) is 69.0 Å². The predicted molar refractivity (Wildman–Crippen MR) is 174 cm³/mol. The maximum atomic E-state index is 12.8. The van der Waals surface area contributed by atoms with Gasteiger partial charge in [-0.25, -0.2) is 9.78 Å². The van der Waals surface area contributed by atoms with E-state index in [0.29, 0.717) is 41.4 Å². The smallest absolute Gasteiger partial charge is 0.410 e. The lowest BCUT2D eigenvalue weighted by molar-refractivity contribution is -0.0432. The van der Waals surface area contributed by atoms with E-state index < -0.39 is 17.8 Å². The second-order valence-corrected chi connectivity index (χ2v) is 12.8. The summed E-state index contributed by atoms with van der Waals surface area (Å²) in [5, 5.41) is 27.8. The Balaban J connectivity index is 1.35. The molecule has 1 unspecified atom stereocenters. The number of morpholine rings is 1. The lowest BCUT2D eigenvalue weighted by atomic mass is 10.0. The van der Waals surface area contributed by atoms with Crippen LogP contribution >= 0.6 is 11.6 Å². The first kappa shape index (κ1) is 31.9. The minimum Gasteiger partial charge on any atom is -0.497 e. The Labute approximate surface area is 277 Å². The first-order valence-corrected chi connectivity index (χ1v) is 15.6. The van der Waals surface area contributed by atoms with Crippen molar-refractivity contribution in [3.8, 4) is 17.9 Å². The van der Waals surface area contributed by atoms with Crippen molar-refractivity contribution in [3.05, 3.63) is 70.0 Å². The topological polar surface area (TPSA) is 154 Å². The van der Waals surface area contributed by atoms with E-state index in [1.54, 1.807) is 24.1 Å². The van der Waals surface area contributed by atoms with Gasteiger partial charge in [-0.2, -0.15) is 20.0 Å². The van der Waals surface area contributed by atoms with Gasteiger partial charge in [-0.05, 0) is 63.4 Å². The fourth-order valence-electron chi connectivity index (χ4n) is 5.37. The fourth-order valence-corrected chi connectivity index (χ4v) is 5.64. The van der Waals surface area contributed by atoms with Crippen molar-refractivity contribution >= 4 is 40.8 Å². The summed E-state index contributed by atoms with van der Waals surface area (Å²) < 4.78 is 18.4. The number of anilines is 3. The summed E-state index contributed by atoms with van der Waals surface area (Å²) in [6.07, 6.45) is 2.39. The maximum absolute atomic E-state index is 12.8. The molecule has 2 aromatic carbocycles. The Morgan fingerprint density at radius 3 is 2.62 bits per heavy atom. The van der Waals surface area contributed by atoms with Crippen molar-refractivity contribution in [2.24, 2.45) is 0 Å². The molecule has 1 saturated carbocycles. The predicted octanol–water partition coefficient (Wildman–Crippen LogP) is 5.75. The van der Waals surface area contributed by atoms with Crippen LogP contribution in [-0.2, 0) is 16.0 Å². The SMILES string of the molecule is COc1ccc(CN(c2nc(Nc3cc(C#N)cc(C4CN(C(=O)OC(C)(C)C)CCO4)c3Cl)nn3c(C#N)cnc23)C2CC2)cc1. The summed E-state index contributed by atoms with van der Waals surface area (Å²) in [6, 6.07) is 15.6. The molecular weight excluding hydrogens is 622 g/mol. The first-order chi connectivity index (χ1) is 22.6. The van der Waals surface area contributed by atoms with Crippen LogP contribution in [0.15, 0.2) is 42.6 Å². The molecule has 1 aliphatic carbocycles. The van der Waals surface area contributed by atoms with Crippen LogP contribution < -0.4 is 15.0 Å². The molecule has 1 saturated heterocycles. The number of carbonyl (C=O) groups excluding carboxylic acids is 1. The summed E-state index contributed by atoms with van der Waals surface area (Å²) in [4.78, 5) is 25.9. The van der Waals surface area contributed by atoms with Crippen molar-refractivity contribution in [3.63, 3.8) is 0 Å². The lowest BCUT2D eigenvalue weighted by Crippen LogP contribution is -2.44. The molecule has 1 N–H and O–H groups in total. The normalized spacial score (nSPS) is 16.3. The van der Waals surface area contributed by atoms with Gasteiger partial charge in [0.2, 0.25) is 5.95 Å². The van der Waals surface area contributed by atoms with E-state index in [2.05, 4.69) is 32.4 Å². The van der Waals surface area contributed by atoms with Gasteiger partial charge in [-0.15, -0.1) is 5.10 Å². The number of ether oxygens (including phenoxy) is 3. The zero-order valence-corrected chi connectivity index (χ0v) is 27.3. The van der Waals surface area contributed by atoms with Gasteiger partial charge in [0.05, 0.1) is 48.8 Å². The molecule has 1 atom stereocenters. The first-order valence-electron chi connectivity index (χ1n) is 15.2. The van der Waals surface area contributed by atoms with Crippen molar-refractivity contribution in [1.29, 1.82) is 10.5 Å². The highest BCUT2D eigenvalue weighted by atomic mass is 35.5. The number of nitrogens with zero attached hydrogens (tertiary/aromatic N) is 8. The molecule has 2 aliphatic rings. The average molecular weight is 656 g/mol. The summed E-state index contributed by atoms with van der Waals surface area (Å²) >= 11 is 6.97. The minimum absolute atomic E-state index is 0.158. The summed E-state index contributed by atoms with van der Waals surface area (Å²) in [5.41, 5.74) is 2.32. The van der Waals surface area contributed by atoms with E-state index >= 15 is 0 Å². The molecule has 13 nitrogen and oxygen atoms in total. The van der Waals surface area contributed by atoms with Crippen LogP contribution in [0.5, 0.6) is 5.75 Å². The Bertz CT molecular complexity index is 1890. The monoisotopic (exact) mass is 655 g/mol. The van der Waals surface area contributed by atoms with Gasteiger partial charge in [0, 0.05) is 24.7 Å². The number of methoxy groups -OCH3 is 1. The van der Waals surface area contributed by atoms with Gasteiger partial charge in [0.15, 0.2) is 17.2 Å². The van der Waals surface area contributed by atoms with Crippen LogP contribution in [0.1, 0.15) is 62.1 Å². The third-order valence-electron chi connectivity index (χ3n) is 7.77. The Kier molecular flexibility index (Phi) is 8.78. The van der Waals surface area contributed by atoms with Crippen LogP contribution in [0.3, 0.4) is 0 Å². The number of nitrogens with one attached hydrogen (secondary N) is 1. The highest BCUT2D eigenvalue weighted by Crippen LogP contribution is 2.38. The Morgan fingerprint density at radius 1 is 1.19 bits per heavy atom. The van der Waals surface area contributed by atoms with Gasteiger partial charge in [0.25, 0.3) is 0 Å². The van der Waals surface area contributed by atoms with E-state index in [9.17, 15) is 15.3 Å². The number of hydrogen-bond acceptors (Lipinski definition) is 11. The van der Waals surface area contributed by atoms with Crippen LogP contribution in [0.4, 0.5) is 22.2 Å². The van der Waals surface area contributed by atoms with Gasteiger partial charge < -0.3 is 29.3 Å². The van der Waals surface area contributed by atoms with E-state index in [1.165, 1.54) is 10.7 Å². The molecule has 1 aliphatic heterocycles. The van der Waals surface area contributed by atoms with E-state index in [1.807, 2.05) is 45.0 Å². The van der Waals surface area contributed by atoms with Crippen molar-refractivity contribution in [1.82, 2.24) is 24.5 Å². The zero-order valence-electron chi connectivity index (χ0n) is 26.5. The molecule has 0 bridgehead atoms. The number of amides is 1. The van der Waals surface area contributed by atoms with Crippen LogP contribution in [0.2, 0.25) is 5.02 Å². The number of rotatable bonds is 8. The quantitative estimate of drug-likeness (QED) is 0.247. The summed E-state index contributed by atoms with van der Waals surface area (Å²) in [5.74, 6) is 1.48. The average Bonchev–Trinajstić information content (AvgIpc) is 3.82. The number of carbonyl (C=O) groups is 1. The number of hydrogen-bond donors (Lipinski definition) is 1. The van der Waals surface area contributed by atoms with E-state index in [4.69, 9.17) is 30.8 Å². The largest absolute Gasteiger partial charge is 0.497 e. The van der Waals surface area contributed by atoms with E-state index in [0.717, 1.165) is 24.2 Å². The van der Waals surface area contributed by atoms with Crippen molar-refractivity contribution in [2.75, 3.05) is 37.0 Å². The number of aromatic nitrogens is 4. The van der Waals surface area contributed by atoms with Gasteiger partial charge >= 0.3 is 6.09 Å². The number of benzene rings is 2. The molecule has 2 fully saturated rings. The molecule has 2 aromatic heterocycles. The van der Waals surface area contributed by atoms with Gasteiger partial charge in [-0.1, -0.05) is 23.7 Å². The molecule has 3 heterocycles. The van der Waals surface area contributed by atoms with Gasteiger partial charge in [-0.3, -0.25) is 0 Å². The second kappa shape index (κ2) is 12.9. The third kappa shape index (κ3) is 7.02. The Hall–Kier alpha value is -5.11. The summed E-state index contributed by atoms with van der Waals surface area (Å²) in [7, 11) is 1.63. The van der Waals surface area contributed by atoms with Gasteiger partial charge in [0.1, 0.15) is 23.5 Å². The highest BCUT2D eigenvalue weighted by molar-refractivity contribution is 6.34. The highest BCUT2D eigenvalue weighted by Gasteiger charge is 2.34. The molecule has 14 heteroatoms. The van der Waals surface area contributed by atoms with Crippen LogP contribution in [0, 0.1) is 22.7 Å². The molecule has 6 rings (SSSR count). The fraction of sp³-hybridized carbons (Fsp3) is 0.394. The number of halogens is 1. The second-order valence-electron chi connectivity index (χ2n) is 12.4. The molecule has 47 heavy (non-hydrogen) atoms. The molecule has 0 radical (unpaired) electrons. The molecular formula is C33H34ClN9O4. The molecule has 242 valence electrons. The van der Waals surface area contributed by atoms with Crippen molar-refractivity contribution in [2.45, 2.75) is 57.9 Å². The minimum atomic E-state index is -0.648. The summed E-state index contributed by atoms with van der Waals surface area (Å²) in [6.45, 7) is 6.81. The van der Waals surface area contributed by atoms with Crippen molar-refractivity contribution < 1.29 is 19.0 Å². The molecule has 1 amide bonds. The van der Waals surface area contributed by atoms with Crippen LogP contribution in [0.25, 0.3) is 5.65 Å². The van der Waals surface area contributed by atoms with E-state index in [-0.39, 0.29) is 35.9 Å². The number of imidazole rings is 1. The molecule has 0 spiro atoms. The lowest BCUT2D eigenvalue weighted by Gasteiger charge is -2.35.